The molecular weight excluding hydrogens is 194 g/mol. The van der Waals surface area contributed by atoms with Crippen molar-refractivity contribution in [2.75, 3.05) is 20.2 Å². The van der Waals surface area contributed by atoms with E-state index in [0.717, 1.165) is 19.5 Å². The summed E-state index contributed by atoms with van der Waals surface area (Å²) < 4.78 is 5.39. The molecule has 1 aliphatic rings. The van der Waals surface area contributed by atoms with Gasteiger partial charge in [-0.2, -0.15) is 0 Å². The second-order valence-corrected chi connectivity index (χ2v) is 4.22. The summed E-state index contributed by atoms with van der Waals surface area (Å²) in [5.41, 5.74) is 2.18. The molecule has 1 amide bonds. The quantitative estimate of drug-likeness (QED) is 0.386. The Labute approximate surface area is 90.9 Å². The van der Waals surface area contributed by atoms with Gasteiger partial charge in [0.15, 0.2) is 0 Å². The average molecular weight is 215 g/mol. The Balaban J connectivity index is 2.54. The van der Waals surface area contributed by atoms with Crippen LogP contribution in [0, 0.1) is 5.92 Å². The van der Waals surface area contributed by atoms with Gasteiger partial charge >= 0.3 is 0 Å². The van der Waals surface area contributed by atoms with E-state index in [4.69, 9.17) is 10.6 Å². The summed E-state index contributed by atoms with van der Waals surface area (Å²) in [6, 6.07) is -0.180. The maximum Gasteiger partial charge on any atom is 0.250 e. The number of rotatable bonds is 3. The molecule has 0 aromatic carbocycles. The molecule has 0 saturated carbocycles. The molecule has 3 atom stereocenters. The smallest absolute Gasteiger partial charge is 0.250 e. The number of nitrogens with two attached hydrogens (primary N) is 1. The zero-order chi connectivity index (χ0) is 11.4. The van der Waals surface area contributed by atoms with Crippen LogP contribution in [0.3, 0.4) is 0 Å². The molecule has 0 radical (unpaired) electrons. The SMILES string of the molecule is COC1CN(C(C)C(=O)NN)CCC1C. The summed E-state index contributed by atoms with van der Waals surface area (Å²) in [6.07, 6.45) is 1.27. The highest BCUT2D eigenvalue weighted by atomic mass is 16.5. The molecule has 0 bridgehead atoms. The highest BCUT2D eigenvalue weighted by Gasteiger charge is 2.30. The van der Waals surface area contributed by atoms with Crippen LogP contribution in [0.25, 0.3) is 0 Å². The first kappa shape index (κ1) is 12.4. The highest BCUT2D eigenvalue weighted by Crippen LogP contribution is 2.20. The fourth-order valence-electron chi connectivity index (χ4n) is 2.00. The van der Waals surface area contributed by atoms with E-state index in [-0.39, 0.29) is 18.1 Å². The minimum Gasteiger partial charge on any atom is -0.380 e. The molecule has 88 valence electrons. The number of carbonyl (C=O) groups excluding carboxylic acids is 1. The van der Waals surface area contributed by atoms with Crippen LogP contribution >= 0.6 is 0 Å². The lowest BCUT2D eigenvalue weighted by Gasteiger charge is -2.38. The Kier molecular flexibility index (Phi) is 4.50. The molecule has 5 heteroatoms. The molecule has 0 aromatic heterocycles. The Bertz CT molecular complexity index is 223. The van der Waals surface area contributed by atoms with E-state index in [2.05, 4.69) is 17.2 Å². The molecule has 0 aromatic rings. The lowest BCUT2D eigenvalue weighted by molar-refractivity contribution is -0.128. The van der Waals surface area contributed by atoms with Gasteiger partial charge in [-0.05, 0) is 25.8 Å². The largest absolute Gasteiger partial charge is 0.380 e. The number of nitrogens with zero attached hydrogens (tertiary/aromatic N) is 1. The predicted molar refractivity (Wildman–Crippen MR) is 57.9 cm³/mol. The first-order chi connectivity index (χ1) is 7.10. The van der Waals surface area contributed by atoms with E-state index in [1.165, 1.54) is 0 Å². The first-order valence-electron chi connectivity index (χ1n) is 5.37. The third kappa shape index (κ3) is 2.90. The van der Waals surface area contributed by atoms with Crippen molar-refractivity contribution in [2.24, 2.45) is 11.8 Å². The van der Waals surface area contributed by atoms with Crippen LogP contribution in [0.15, 0.2) is 0 Å². The summed E-state index contributed by atoms with van der Waals surface area (Å²) in [7, 11) is 1.72. The topological polar surface area (TPSA) is 67.6 Å². The second kappa shape index (κ2) is 5.44. The van der Waals surface area contributed by atoms with E-state index < -0.39 is 0 Å². The van der Waals surface area contributed by atoms with Gasteiger partial charge in [0.2, 0.25) is 0 Å². The number of hydrazine groups is 1. The molecule has 0 spiro atoms. The van der Waals surface area contributed by atoms with Crippen molar-refractivity contribution in [3.05, 3.63) is 0 Å². The lowest BCUT2D eigenvalue weighted by atomic mass is 9.95. The van der Waals surface area contributed by atoms with Crippen molar-refractivity contribution in [3.8, 4) is 0 Å². The van der Waals surface area contributed by atoms with Gasteiger partial charge in [-0.3, -0.25) is 15.1 Å². The number of likely N-dealkylation sites (tertiary alicyclic amines) is 1. The zero-order valence-corrected chi connectivity index (χ0v) is 9.69. The monoisotopic (exact) mass is 215 g/mol. The number of carbonyl (C=O) groups is 1. The summed E-state index contributed by atoms with van der Waals surface area (Å²) >= 11 is 0. The van der Waals surface area contributed by atoms with Gasteiger partial charge in [0.05, 0.1) is 12.1 Å². The van der Waals surface area contributed by atoms with Crippen LogP contribution in [0.5, 0.6) is 0 Å². The van der Waals surface area contributed by atoms with Gasteiger partial charge < -0.3 is 4.74 Å². The van der Waals surface area contributed by atoms with Crippen LogP contribution in [0.1, 0.15) is 20.3 Å². The van der Waals surface area contributed by atoms with Gasteiger partial charge in [-0.15, -0.1) is 0 Å². The number of hydrogen-bond donors (Lipinski definition) is 2. The van der Waals surface area contributed by atoms with Crippen LogP contribution in [0.2, 0.25) is 0 Å². The fraction of sp³-hybridized carbons (Fsp3) is 0.900. The molecule has 3 N–H and O–H groups in total. The zero-order valence-electron chi connectivity index (χ0n) is 9.69. The maximum atomic E-state index is 11.4. The molecule has 1 aliphatic heterocycles. The standard InChI is InChI=1S/C10H21N3O2/c1-7-4-5-13(6-9(7)15-3)8(2)10(14)12-11/h7-9H,4-6,11H2,1-3H3,(H,12,14). The number of hydrogen-bond acceptors (Lipinski definition) is 4. The van der Waals surface area contributed by atoms with Gasteiger partial charge in [0.1, 0.15) is 0 Å². The Morgan fingerprint density at radius 1 is 1.67 bits per heavy atom. The van der Waals surface area contributed by atoms with Crippen molar-refractivity contribution < 1.29 is 9.53 Å². The number of nitrogens with one attached hydrogen (secondary N) is 1. The molecule has 5 nitrogen and oxygen atoms in total. The van der Waals surface area contributed by atoms with Gasteiger partial charge in [-0.25, -0.2) is 5.84 Å². The van der Waals surface area contributed by atoms with E-state index in [1.807, 2.05) is 6.92 Å². The third-order valence-corrected chi connectivity index (χ3v) is 3.29. The fourth-order valence-corrected chi connectivity index (χ4v) is 2.00. The summed E-state index contributed by atoms with van der Waals surface area (Å²) in [4.78, 5) is 13.5. The van der Waals surface area contributed by atoms with Crippen LogP contribution in [-0.2, 0) is 9.53 Å². The Hall–Kier alpha value is -0.650. The molecule has 1 saturated heterocycles. The minimum atomic E-state index is -0.180. The van der Waals surface area contributed by atoms with Crippen molar-refractivity contribution in [1.82, 2.24) is 10.3 Å². The van der Waals surface area contributed by atoms with Gasteiger partial charge in [0.25, 0.3) is 5.91 Å². The molecule has 15 heavy (non-hydrogen) atoms. The average Bonchev–Trinajstić information content (AvgIpc) is 2.27. The van der Waals surface area contributed by atoms with E-state index in [0.29, 0.717) is 5.92 Å². The molecule has 0 aliphatic carbocycles. The predicted octanol–water partition coefficient (Wildman–Crippen LogP) is -0.278. The van der Waals surface area contributed by atoms with Crippen molar-refractivity contribution >= 4 is 5.91 Å². The minimum absolute atomic E-state index is 0.139. The number of ether oxygens (including phenoxy) is 1. The number of methoxy groups -OCH3 is 1. The normalized spacial score (nSPS) is 29.9. The summed E-state index contributed by atoms with van der Waals surface area (Å²) in [5.74, 6) is 5.53. The molecule has 1 rings (SSSR count). The third-order valence-electron chi connectivity index (χ3n) is 3.29. The molecule has 1 heterocycles. The number of amides is 1. The van der Waals surface area contributed by atoms with Crippen LogP contribution < -0.4 is 11.3 Å². The first-order valence-corrected chi connectivity index (χ1v) is 5.37. The van der Waals surface area contributed by atoms with Crippen molar-refractivity contribution in [2.45, 2.75) is 32.4 Å². The summed E-state index contributed by atoms with van der Waals surface area (Å²) in [5, 5.41) is 0. The van der Waals surface area contributed by atoms with Crippen LogP contribution in [0.4, 0.5) is 0 Å². The Morgan fingerprint density at radius 2 is 2.33 bits per heavy atom. The van der Waals surface area contributed by atoms with Crippen molar-refractivity contribution in [3.63, 3.8) is 0 Å². The Morgan fingerprint density at radius 3 is 2.87 bits per heavy atom. The second-order valence-electron chi connectivity index (χ2n) is 4.22. The molecular formula is C10H21N3O2. The lowest BCUT2D eigenvalue weighted by Crippen LogP contribution is -2.53. The number of piperidine rings is 1. The van der Waals surface area contributed by atoms with Gasteiger partial charge in [0, 0.05) is 13.7 Å². The van der Waals surface area contributed by atoms with Crippen molar-refractivity contribution in [1.29, 1.82) is 0 Å². The van der Waals surface area contributed by atoms with E-state index in [1.54, 1.807) is 7.11 Å². The highest BCUT2D eigenvalue weighted by molar-refractivity contribution is 5.80. The van der Waals surface area contributed by atoms with E-state index in [9.17, 15) is 4.79 Å². The molecule has 3 unspecified atom stereocenters. The molecule has 1 fully saturated rings. The summed E-state index contributed by atoms with van der Waals surface area (Å²) in [6.45, 7) is 5.77. The maximum absolute atomic E-state index is 11.4. The van der Waals surface area contributed by atoms with E-state index >= 15 is 0 Å². The van der Waals surface area contributed by atoms with Crippen LogP contribution in [-0.4, -0.2) is 43.2 Å². The van der Waals surface area contributed by atoms with Gasteiger partial charge in [-0.1, -0.05) is 6.92 Å².